The van der Waals surface area contributed by atoms with Gasteiger partial charge in [0.1, 0.15) is 5.75 Å². The molecule has 0 fully saturated rings. The van der Waals surface area contributed by atoms with Gasteiger partial charge in [0.15, 0.2) is 0 Å². The fourth-order valence-electron chi connectivity index (χ4n) is 1.68. The molecule has 0 aliphatic carbocycles. The number of hydrogen-bond donors (Lipinski definition) is 0. The molecule has 0 unspecified atom stereocenters. The van der Waals surface area contributed by atoms with Gasteiger partial charge in [-0.1, -0.05) is 52.2 Å². The van der Waals surface area contributed by atoms with Crippen molar-refractivity contribution in [2.75, 3.05) is 6.61 Å². The van der Waals surface area contributed by atoms with Crippen LogP contribution >= 0.6 is 0 Å². The minimum absolute atomic E-state index is 0.573. The number of rotatable bonds is 7. The van der Waals surface area contributed by atoms with E-state index in [1.54, 1.807) is 0 Å². The van der Waals surface area contributed by atoms with Crippen LogP contribution in [-0.2, 0) is 0 Å². The van der Waals surface area contributed by atoms with Gasteiger partial charge >= 0.3 is 0 Å². The van der Waals surface area contributed by atoms with E-state index in [2.05, 4.69) is 39.0 Å². The predicted octanol–water partition coefficient (Wildman–Crippen LogP) is 4.77. The quantitative estimate of drug-likeness (QED) is 0.601. The van der Waals surface area contributed by atoms with Gasteiger partial charge in [-0.05, 0) is 30.0 Å². The molecule has 0 N–H and O–H groups in total. The van der Waals surface area contributed by atoms with E-state index in [0.29, 0.717) is 5.92 Å². The van der Waals surface area contributed by atoms with Crippen LogP contribution in [0.3, 0.4) is 0 Å². The lowest BCUT2D eigenvalue weighted by Crippen LogP contribution is -1.98. The smallest absolute Gasteiger partial charge is 0.119 e. The van der Waals surface area contributed by atoms with Crippen LogP contribution in [0.25, 0.3) is 0 Å². The highest BCUT2D eigenvalue weighted by Gasteiger charge is 2.00. The zero-order valence-electron chi connectivity index (χ0n) is 10.8. The zero-order chi connectivity index (χ0) is 11.8. The van der Waals surface area contributed by atoms with E-state index in [1.165, 1.54) is 31.2 Å². The number of benzene rings is 1. The van der Waals surface area contributed by atoms with Gasteiger partial charge in [0.2, 0.25) is 0 Å². The first kappa shape index (κ1) is 13.1. The van der Waals surface area contributed by atoms with Crippen LogP contribution in [0.4, 0.5) is 0 Å². The molecule has 1 nitrogen and oxygen atoms in total. The van der Waals surface area contributed by atoms with Crippen LogP contribution in [0, 0.1) is 0 Å². The van der Waals surface area contributed by atoms with Crippen LogP contribution in [0.1, 0.15) is 57.9 Å². The molecule has 0 radical (unpaired) electrons. The number of hydrogen-bond acceptors (Lipinski definition) is 1. The summed E-state index contributed by atoms with van der Waals surface area (Å²) in [4.78, 5) is 0. The molecule has 0 spiro atoms. The summed E-state index contributed by atoms with van der Waals surface area (Å²) in [6.45, 7) is 7.50. The Hall–Kier alpha value is -0.980. The molecule has 16 heavy (non-hydrogen) atoms. The molecule has 1 aromatic rings. The highest BCUT2D eigenvalue weighted by molar-refractivity contribution is 5.30. The number of unbranched alkanes of at least 4 members (excludes halogenated alkanes) is 3. The van der Waals surface area contributed by atoms with E-state index in [-0.39, 0.29) is 0 Å². The minimum Gasteiger partial charge on any atom is -0.494 e. The third-order valence-electron chi connectivity index (χ3n) is 2.79. The van der Waals surface area contributed by atoms with Crippen LogP contribution in [0.2, 0.25) is 0 Å². The second kappa shape index (κ2) is 7.32. The molecule has 0 saturated carbocycles. The molecule has 1 rings (SSSR count). The molecule has 90 valence electrons. The molecule has 0 heterocycles. The maximum Gasteiger partial charge on any atom is 0.119 e. The zero-order valence-corrected chi connectivity index (χ0v) is 10.8. The lowest BCUT2D eigenvalue weighted by molar-refractivity contribution is 0.304. The summed E-state index contributed by atoms with van der Waals surface area (Å²) in [6, 6.07) is 8.45. The lowest BCUT2D eigenvalue weighted by Gasteiger charge is -2.09. The van der Waals surface area contributed by atoms with Gasteiger partial charge in [0, 0.05) is 0 Å². The molecule has 0 atom stereocenters. The van der Waals surface area contributed by atoms with Gasteiger partial charge in [-0.15, -0.1) is 0 Å². The summed E-state index contributed by atoms with van der Waals surface area (Å²) in [5.41, 5.74) is 1.35. The van der Waals surface area contributed by atoms with Gasteiger partial charge in [-0.25, -0.2) is 0 Å². The molecular formula is C15H24O. The first-order valence-electron chi connectivity index (χ1n) is 6.46. The molecule has 0 saturated heterocycles. The Bertz CT molecular complexity index is 291. The molecule has 0 bridgehead atoms. The third-order valence-corrected chi connectivity index (χ3v) is 2.79. The standard InChI is InChI=1S/C15H24O/c1-4-5-6-7-11-16-15-10-8-9-14(12-15)13(2)3/h8-10,12-13H,4-7,11H2,1-3H3. The van der Waals surface area contributed by atoms with Crippen molar-refractivity contribution in [1.29, 1.82) is 0 Å². The van der Waals surface area contributed by atoms with Crippen molar-refractivity contribution in [2.45, 2.75) is 52.4 Å². The Morgan fingerprint density at radius 2 is 1.94 bits per heavy atom. The van der Waals surface area contributed by atoms with Gasteiger partial charge < -0.3 is 4.74 Å². The molecule has 0 aliphatic heterocycles. The molecule has 0 aromatic heterocycles. The Balaban J connectivity index is 2.33. The van der Waals surface area contributed by atoms with E-state index in [0.717, 1.165) is 12.4 Å². The monoisotopic (exact) mass is 220 g/mol. The van der Waals surface area contributed by atoms with Crippen molar-refractivity contribution in [2.24, 2.45) is 0 Å². The highest BCUT2D eigenvalue weighted by Crippen LogP contribution is 2.20. The van der Waals surface area contributed by atoms with Crippen molar-refractivity contribution in [1.82, 2.24) is 0 Å². The van der Waals surface area contributed by atoms with E-state index >= 15 is 0 Å². The second-order valence-corrected chi connectivity index (χ2v) is 4.64. The van der Waals surface area contributed by atoms with Gasteiger partial charge in [0.25, 0.3) is 0 Å². The van der Waals surface area contributed by atoms with Gasteiger partial charge in [-0.2, -0.15) is 0 Å². The molecule has 1 aromatic carbocycles. The van der Waals surface area contributed by atoms with Crippen LogP contribution in [0.15, 0.2) is 24.3 Å². The lowest BCUT2D eigenvalue weighted by atomic mass is 10.0. The van der Waals surface area contributed by atoms with Crippen molar-refractivity contribution in [3.05, 3.63) is 29.8 Å². The SMILES string of the molecule is CCCCCCOc1cccc(C(C)C)c1. The van der Waals surface area contributed by atoms with Crippen molar-refractivity contribution in [3.8, 4) is 5.75 Å². The topological polar surface area (TPSA) is 9.23 Å². The van der Waals surface area contributed by atoms with Crippen LogP contribution in [0.5, 0.6) is 5.75 Å². The first-order chi connectivity index (χ1) is 7.74. The van der Waals surface area contributed by atoms with Crippen molar-refractivity contribution >= 4 is 0 Å². The molecule has 0 aliphatic rings. The van der Waals surface area contributed by atoms with Crippen LogP contribution < -0.4 is 4.74 Å². The van der Waals surface area contributed by atoms with E-state index in [9.17, 15) is 0 Å². The Morgan fingerprint density at radius 1 is 1.12 bits per heavy atom. The fraction of sp³-hybridized carbons (Fsp3) is 0.600. The largest absolute Gasteiger partial charge is 0.494 e. The fourth-order valence-corrected chi connectivity index (χ4v) is 1.68. The van der Waals surface area contributed by atoms with Gasteiger partial charge in [0.05, 0.1) is 6.61 Å². The molecule has 1 heteroatoms. The average Bonchev–Trinajstić information content (AvgIpc) is 2.29. The Kier molecular flexibility index (Phi) is 5.99. The first-order valence-corrected chi connectivity index (χ1v) is 6.46. The van der Waals surface area contributed by atoms with Crippen molar-refractivity contribution in [3.63, 3.8) is 0 Å². The van der Waals surface area contributed by atoms with E-state index in [4.69, 9.17) is 4.74 Å². The summed E-state index contributed by atoms with van der Waals surface area (Å²) < 4.78 is 5.74. The summed E-state index contributed by atoms with van der Waals surface area (Å²) in [5.74, 6) is 1.59. The maximum atomic E-state index is 5.74. The summed E-state index contributed by atoms with van der Waals surface area (Å²) in [7, 11) is 0. The minimum atomic E-state index is 0.573. The summed E-state index contributed by atoms with van der Waals surface area (Å²) in [6.07, 6.45) is 5.04. The Labute approximate surface area is 99.8 Å². The average molecular weight is 220 g/mol. The summed E-state index contributed by atoms with van der Waals surface area (Å²) in [5, 5.41) is 0. The maximum absolute atomic E-state index is 5.74. The predicted molar refractivity (Wildman–Crippen MR) is 70.2 cm³/mol. The molecular weight excluding hydrogens is 196 g/mol. The van der Waals surface area contributed by atoms with E-state index < -0.39 is 0 Å². The normalized spacial score (nSPS) is 10.8. The second-order valence-electron chi connectivity index (χ2n) is 4.64. The Morgan fingerprint density at radius 3 is 2.62 bits per heavy atom. The summed E-state index contributed by atoms with van der Waals surface area (Å²) >= 11 is 0. The molecule has 0 amide bonds. The highest BCUT2D eigenvalue weighted by atomic mass is 16.5. The van der Waals surface area contributed by atoms with Crippen LogP contribution in [-0.4, -0.2) is 6.61 Å². The third kappa shape index (κ3) is 4.69. The van der Waals surface area contributed by atoms with Crippen molar-refractivity contribution < 1.29 is 4.74 Å². The van der Waals surface area contributed by atoms with E-state index in [1.807, 2.05) is 6.07 Å². The number of ether oxygens (including phenoxy) is 1. The van der Waals surface area contributed by atoms with Gasteiger partial charge in [-0.3, -0.25) is 0 Å².